The van der Waals surface area contributed by atoms with Crippen molar-refractivity contribution < 1.29 is 32.6 Å². The first-order valence-electron chi connectivity index (χ1n) is 14.2. The van der Waals surface area contributed by atoms with E-state index in [9.17, 15) is 18.0 Å². The van der Waals surface area contributed by atoms with E-state index in [2.05, 4.69) is 31.1 Å². The van der Waals surface area contributed by atoms with Crippen LogP contribution in [-0.2, 0) is 33.1 Å². The van der Waals surface area contributed by atoms with Crippen LogP contribution in [0.4, 0.5) is 5.69 Å². The molecule has 9 nitrogen and oxygen atoms in total. The van der Waals surface area contributed by atoms with Gasteiger partial charge in [-0.25, -0.2) is 18.2 Å². The molecule has 0 radical (unpaired) electrons. The first kappa shape index (κ1) is 34.0. The number of aryl methyl sites for hydroxylation is 2. The van der Waals surface area contributed by atoms with Crippen LogP contribution >= 0.6 is 22.9 Å². The molecule has 2 N–H and O–H groups in total. The molecule has 0 saturated carbocycles. The number of carboxylic acids is 1. The summed E-state index contributed by atoms with van der Waals surface area (Å²) in [5.41, 5.74) is 3.10. The van der Waals surface area contributed by atoms with Crippen LogP contribution in [-0.4, -0.2) is 42.7 Å². The highest BCUT2D eigenvalue weighted by molar-refractivity contribution is 7.91. The van der Waals surface area contributed by atoms with Gasteiger partial charge < -0.3 is 19.9 Å². The maximum atomic E-state index is 13.4. The lowest BCUT2D eigenvalue weighted by Gasteiger charge is -2.15. The zero-order valence-electron chi connectivity index (χ0n) is 25.4. The van der Waals surface area contributed by atoms with Gasteiger partial charge in [-0.2, -0.15) is 0 Å². The maximum Gasteiger partial charge on any atom is 0.341 e. The van der Waals surface area contributed by atoms with Crippen LogP contribution in [0.25, 0.3) is 0 Å². The molecule has 0 aliphatic rings. The van der Waals surface area contributed by atoms with E-state index < -0.39 is 28.3 Å². The molecular formula is C33H35ClN2O7S2. The van der Waals surface area contributed by atoms with Crippen LogP contribution in [0.15, 0.2) is 70.9 Å². The molecule has 0 fully saturated rings. The number of nitrogens with zero attached hydrogens (tertiary/aromatic N) is 1. The minimum Gasteiger partial charge on any atom is -0.486 e. The molecule has 45 heavy (non-hydrogen) atoms. The lowest BCUT2D eigenvalue weighted by atomic mass is 9.93. The van der Waals surface area contributed by atoms with Gasteiger partial charge in [-0.3, -0.25) is 4.79 Å². The average molecular weight is 671 g/mol. The number of hydrogen-bond donors (Lipinski definition) is 2. The van der Waals surface area contributed by atoms with Gasteiger partial charge in [0.25, 0.3) is 5.91 Å². The predicted molar refractivity (Wildman–Crippen MR) is 176 cm³/mol. The van der Waals surface area contributed by atoms with E-state index in [0.717, 1.165) is 21.8 Å². The van der Waals surface area contributed by atoms with Crippen LogP contribution in [0.1, 0.15) is 59.4 Å². The van der Waals surface area contributed by atoms with Gasteiger partial charge in [0.1, 0.15) is 23.1 Å². The standard InChI is InChI=1S/C33H35ClN2O7S2/c1-21-7-9-23(17-28(21)42-18-30-36-29(20-44-30)33(2,3)4)32(39)35-26-16-22(8-14-27(26)43-19-31(37)38)6-5-15-45(40,41)25-12-10-24(34)11-13-25/h7-14,16-17,20H,5-6,15,18-19H2,1-4H3,(H,35,39)(H,37,38). The number of carbonyl (C=O) groups is 2. The molecule has 0 atom stereocenters. The van der Waals surface area contributed by atoms with E-state index >= 15 is 0 Å². The molecule has 238 valence electrons. The number of carboxylic acid groups (broad SMARTS) is 1. The number of benzene rings is 3. The lowest BCUT2D eigenvalue weighted by Crippen LogP contribution is -2.15. The van der Waals surface area contributed by atoms with E-state index in [-0.39, 0.29) is 34.1 Å². The summed E-state index contributed by atoms with van der Waals surface area (Å²) in [6.45, 7) is 7.84. The van der Waals surface area contributed by atoms with Crippen LogP contribution in [0.5, 0.6) is 11.5 Å². The molecule has 0 bridgehead atoms. The Morgan fingerprint density at radius 2 is 1.73 bits per heavy atom. The van der Waals surface area contributed by atoms with E-state index in [0.29, 0.717) is 29.2 Å². The highest BCUT2D eigenvalue weighted by Crippen LogP contribution is 2.29. The van der Waals surface area contributed by atoms with Crippen LogP contribution in [0, 0.1) is 6.92 Å². The summed E-state index contributed by atoms with van der Waals surface area (Å²) < 4.78 is 36.9. The number of thiazole rings is 1. The summed E-state index contributed by atoms with van der Waals surface area (Å²) in [7, 11) is -3.51. The van der Waals surface area contributed by atoms with E-state index in [1.54, 1.807) is 36.4 Å². The summed E-state index contributed by atoms with van der Waals surface area (Å²) in [6.07, 6.45) is 0.716. The molecular weight excluding hydrogens is 636 g/mol. The van der Waals surface area contributed by atoms with Crippen molar-refractivity contribution in [1.82, 2.24) is 4.98 Å². The van der Waals surface area contributed by atoms with E-state index in [1.165, 1.54) is 35.6 Å². The normalized spacial score (nSPS) is 11.7. The number of hydrogen-bond acceptors (Lipinski definition) is 8. The number of rotatable bonds is 13. The molecule has 0 aliphatic heterocycles. The van der Waals surface area contributed by atoms with Crippen molar-refractivity contribution in [2.24, 2.45) is 0 Å². The Morgan fingerprint density at radius 3 is 2.40 bits per heavy atom. The second kappa shape index (κ2) is 14.4. The Hall–Kier alpha value is -3.93. The van der Waals surface area contributed by atoms with Crippen LogP contribution in [0.3, 0.4) is 0 Å². The van der Waals surface area contributed by atoms with Gasteiger partial charge in [0, 0.05) is 21.4 Å². The number of halogens is 1. The quantitative estimate of drug-likeness (QED) is 0.154. The SMILES string of the molecule is Cc1ccc(C(=O)Nc2cc(CCCS(=O)(=O)c3ccc(Cl)cc3)ccc2OCC(=O)O)cc1OCc1nc(C(C)(C)C)cs1. The molecule has 3 aromatic carbocycles. The second-order valence-electron chi connectivity index (χ2n) is 11.5. The Labute approximate surface area is 272 Å². The topological polar surface area (TPSA) is 132 Å². The molecule has 12 heteroatoms. The third-order valence-electron chi connectivity index (χ3n) is 6.82. The lowest BCUT2D eigenvalue weighted by molar-refractivity contribution is -0.139. The van der Waals surface area contributed by atoms with Gasteiger partial charge in [-0.15, -0.1) is 11.3 Å². The molecule has 4 aromatic rings. The maximum absolute atomic E-state index is 13.4. The molecule has 0 saturated heterocycles. The zero-order valence-corrected chi connectivity index (χ0v) is 27.8. The number of aromatic nitrogens is 1. The van der Waals surface area contributed by atoms with Crippen molar-refractivity contribution in [2.75, 3.05) is 17.7 Å². The molecule has 1 aromatic heterocycles. The summed E-state index contributed by atoms with van der Waals surface area (Å²) in [5.74, 6) is -0.998. The van der Waals surface area contributed by atoms with Gasteiger partial charge in [-0.05, 0) is 79.4 Å². The Balaban J connectivity index is 1.47. The summed E-state index contributed by atoms with van der Waals surface area (Å²) in [5, 5.41) is 15.2. The van der Waals surface area contributed by atoms with Crippen LogP contribution < -0.4 is 14.8 Å². The highest BCUT2D eigenvalue weighted by atomic mass is 35.5. The van der Waals surface area contributed by atoms with Crippen molar-refractivity contribution in [3.05, 3.63) is 98.5 Å². The van der Waals surface area contributed by atoms with Crippen molar-refractivity contribution in [1.29, 1.82) is 0 Å². The summed E-state index contributed by atoms with van der Waals surface area (Å²) in [6, 6.07) is 16.0. The second-order valence-corrected chi connectivity index (χ2v) is 15.0. The predicted octanol–water partition coefficient (Wildman–Crippen LogP) is 7.10. The minimum absolute atomic E-state index is 0.0673. The smallest absolute Gasteiger partial charge is 0.341 e. The fourth-order valence-electron chi connectivity index (χ4n) is 4.27. The van der Waals surface area contributed by atoms with Gasteiger partial charge in [0.15, 0.2) is 16.4 Å². The molecule has 1 amide bonds. The third kappa shape index (κ3) is 9.53. The number of anilines is 1. The van der Waals surface area contributed by atoms with Crippen molar-refractivity contribution >= 4 is 50.3 Å². The molecule has 0 spiro atoms. The number of carbonyl (C=O) groups excluding carboxylic acids is 1. The minimum atomic E-state index is -3.51. The van der Waals surface area contributed by atoms with Crippen molar-refractivity contribution in [3.8, 4) is 11.5 Å². The molecule has 0 aliphatic carbocycles. The third-order valence-corrected chi connectivity index (χ3v) is 9.71. The van der Waals surface area contributed by atoms with Crippen LogP contribution in [0.2, 0.25) is 5.02 Å². The van der Waals surface area contributed by atoms with Crippen molar-refractivity contribution in [3.63, 3.8) is 0 Å². The number of nitrogens with one attached hydrogen (secondary N) is 1. The monoisotopic (exact) mass is 670 g/mol. The summed E-state index contributed by atoms with van der Waals surface area (Å²) in [4.78, 5) is 29.4. The Morgan fingerprint density at radius 1 is 1.00 bits per heavy atom. The van der Waals surface area contributed by atoms with Gasteiger partial charge >= 0.3 is 5.97 Å². The average Bonchev–Trinajstić information content (AvgIpc) is 3.46. The first-order chi connectivity index (χ1) is 21.2. The van der Waals surface area contributed by atoms with E-state index in [1.807, 2.05) is 12.3 Å². The summed E-state index contributed by atoms with van der Waals surface area (Å²) >= 11 is 7.40. The van der Waals surface area contributed by atoms with E-state index in [4.69, 9.17) is 26.2 Å². The number of sulfone groups is 1. The van der Waals surface area contributed by atoms with Gasteiger partial charge in [0.2, 0.25) is 0 Å². The largest absolute Gasteiger partial charge is 0.486 e. The van der Waals surface area contributed by atoms with Gasteiger partial charge in [-0.1, -0.05) is 44.5 Å². The Bertz CT molecular complexity index is 1780. The molecule has 4 rings (SSSR count). The Kier molecular flexibility index (Phi) is 10.9. The molecule has 1 heterocycles. The zero-order chi connectivity index (χ0) is 32.8. The van der Waals surface area contributed by atoms with Crippen molar-refractivity contribution in [2.45, 2.75) is 57.5 Å². The molecule has 0 unspecified atom stereocenters. The van der Waals surface area contributed by atoms with Gasteiger partial charge in [0.05, 0.1) is 22.0 Å². The number of ether oxygens (including phenoxy) is 2. The number of amides is 1. The number of aliphatic carboxylic acids is 1. The first-order valence-corrected chi connectivity index (χ1v) is 17.1. The fraction of sp³-hybridized carbons (Fsp3) is 0.303. The highest BCUT2D eigenvalue weighted by Gasteiger charge is 2.19. The fourth-order valence-corrected chi connectivity index (χ4v) is 6.64.